The highest BCUT2D eigenvalue weighted by Gasteiger charge is 2.12. The van der Waals surface area contributed by atoms with Crippen molar-refractivity contribution < 1.29 is 0 Å². The molecular weight excluding hydrogens is 248 g/mol. The Hall–Kier alpha value is -2.23. The SMILES string of the molecule is Cc1ccncc1-c1ccnc2c1cnn2CC(C)C. The van der Waals surface area contributed by atoms with Crippen molar-refractivity contribution in [3.05, 3.63) is 42.5 Å². The van der Waals surface area contributed by atoms with Gasteiger partial charge in [-0.05, 0) is 36.1 Å². The lowest BCUT2D eigenvalue weighted by Gasteiger charge is -2.08. The van der Waals surface area contributed by atoms with E-state index in [1.807, 2.05) is 41.6 Å². The predicted octanol–water partition coefficient (Wildman–Crippen LogP) is 3.46. The van der Waals surface area contributed by atoms with Crippen molar-refractivity contribution in [2.24, 2.45) is 5.92 Å². The Morgan fingerprint density at radius 3 is 2.70 bits per heavy atom. The minimum Gasteiger partial charge on any atom is -0.264 e. The lowest BCUT2D eigenvalue weighted by Crippen LogP contribution is -2.06. The number of fused-ring (bicyclic) bond motifs is 1. The van der Waals surface area contributed by atoms with Gasteiger partial charge in [0.05, 0.1) is 6.20 Å². The van der Waals surface area contributed by atoms with Gasteiger partial charge >= 0.3 is 0 Å². The molecule has 0 aromatic carbocycles. The molecule has 0 aliphatic rings. The Bertz CT molecular complexity index is 743. The van der Waals surface area contributed by atoms with Gasteiger partial charge in [-0.15, -0.1) is 0 Å². The van der Waals surface area contributed by atoms with Gasteiger partial charge in [-0.1, -0.05) is 13.8 Å². The second-order valence-corrected chi connectivity index (χ2v) is 5.51. The highest BCUT2D eigenvalue weighted by atomic mass is 15.3. The number of aromatic nitrogens is 4. The fourth-order valence-corrected chi connectivity index (χ4v) is 2.44. The van der Waals surface area contributed by atoms with E-state index in [-0.39, 0.29) is 0 Å². The molecule has 0 amide bonds. The quantitative estimate of drug-likeness (QED) is 0.729. The van der Waals surface area contributed by atoms with Gasteiger partial charge < -0.3 is 0 Å². The Balaban J connectivity index is 2.18. The average Bonchev–Trinajstić information content (AvgIpc) is 2.82. The average molecular weight is 266 g/mol. The minimum atomic E-state index is 0.545. The number of hydrogen-bond donors (Lipinski definition) is 0. The van der Waals surface area contributed by atoms with E-state index in [4.69, 9.17) is 0 Å². The molecule has 0 aliphatic carbocycles. The van der Waals surface area contributed by atoms with E-state index in [0.717, 1.165) is 28.7 Å². The third-order valence-electron chi connectivity index (χ3n) is 3.41. The first-order valence-electron chi connectivity index (χ1n) is 6.88. The molecule has 0 radical (unpaired) electrons. The molecule has 0 bridgehead atoms. The van der Waals surface area contributed by atoms with Gasteiger partial charge in [0.1, 0.15) is 0 Å². The van der Waals surface area contributed by atoms with Crippen molar-refractivity contribution in [2.45, 2.75) is 27.3 Å². The first kappa shape index (κ1) is 12.8. The van der Waals surface area contributed by atoms with Crippen molar-refractivity contribution in [3.8, 4) is 11.1 Å². The van der Waals surface area contributed by atoms with Crippen LogP contribution in [0.25, 0.3) is 22.2 Å². The van der Waals surface area contributed by atoms with Crippen molar-refractivity contribution in [2.75, 3.05) is 0 Å². The van der Waals surface area contributed by atoms with Gasteiger partial charge in [0.2, 0.25) is 0 Å². The Morgan fingerprint density at radius 2 is 1.95 bits per heavy atom. The van der Waals surface area contributed by atoms with Crippen molar-refractivity contribution >= 4 is 11.0 Å². The molecule has 0 atom stereocenters. The zero-order chi connectivity index (χ0) is 14.1. The van der Waals surface area contributed by atoms with Gasteiger partial charge in [-0.2, -0.15) is 5.10 Å². The van der Waals surface area contributed by atoms with Crippen LogP contribution in [0.1, 0.15) is 19.4 Å². The summed E-state index contributed by atoms with van der Waals surface area (Å²) in [6.07, 6.45) is 7.48. The topological polar surface area (TPSA) is 43.6 Å². The Labute approximate surface area is 118 Å². The molecule has 0 spiro atoms. The van der Waals surface area contributed by atoms with Gasteiger partial charge in [-0.3, -0.25) is 4.98 Å². The summed E-state index contributed by atoms with van der Waals surface area (Å²) in [7, 11) is 0. The van der Waals surface area contributed by atoms with Crippen LogP contribution in [0.4, 0.5) is 0 Å². The third-order valence-corrected chi connectivity index (χ3v) is 3.41. The van der Waals surface area contributed by atoms with Crippen LogP contribution in [0.3, 0.4) is 0 Å². The number of pyridine rings is 2. The fourth-order valence-electron chi connectivity index (χ4n) is 2.44. The first-order valence-corrected chi connectivity index (χ1v) is 6.88. The van der Waals surface area contributed by atoms with Gasteiger partial charge in [-0.25, -0.2) is 9.67 Å². The monoisotopic (exact) mass is 266 g/mol. The maximum Gasteiger partial charge on any atom is 0.158 e. The summed E-state index contributed by atoms with van der Waals surface area (Å²) < 4.78 is 1.98. The molecule has 3 aromatic heterocycles. The number of nitrogens with zero attached hydrogens (tertiary/aromatic N) is 4. The Morgan fingerprint density at radius 1 is 1.10 bits per heavy atom. The highest BCUT2D eigenvalue weighted by molar-refractivity contribution is 5.92. The maximum absolute atomic E-state index is 4.49. The molecule has 20 heavy (non-hydrogen) atoms. The zero-order valence-corrected chi connectivity index (χ0v) is 12.0. The molecular formula is C16H18N4. The van der Waals surface area contributed by atoms with Crippen LogP contribution < -0.4 is 0 Å². The fraction of sp³-hybridized carbons (Fsp3) is 0.312. The van der Waals surface area contributed by atoms with Crippen LogP contribution in [0, 0.1) is 12.8 Å². The van der Waals surface area contributed by atoms with Crippen LogP contribution in [0.15, 0.2) is 36.9 Å². The smallest absolute Gasteiger partial charge is 0.158 e. The number of hydrogen-bond acceptors (Lipinski definition) is 3. The van der Waals surface area contributed by atoms with Gasteiger partial charge in [0.25, 0.3) is 0 Å². The summed E-state index contributed by atoms with van der Waals surface area (Å²) >= 11 is 0. The normalized spacial score (nSPS) is 11.4. The molecule has 3 heterocycles. The summed E-state index contributed by atoms with van der Waals surface area (Å²) in [6.45, 7) is 7.35. The maximum atomic E-state index is 4.49. The molecule has 3 rings (SSSR count). The summed E-state index contributed by atoms with van der Waals surface area (Å²) in [6, 6.07) is 4.06. The van der Waals surface area contributed by atoms with Crippen LogP contribution in [-0.4, -0.2) is 19.7 Å². The van der Waals surface area contributed by atoms with Gasteiger partial charge in [0, 0.05) is 36.1 Å². The molecule has 0 saturated heterocycles. The van der Waals surface area contributed by atoms with E-state index in [2.05, 4.69) is 35.8 Å². The second kappa shape index (κ2) is 5.04. The van der Waals surface area contributed by atoms with Crippen LogP contribution in [-0.2, 0) is 6.54 Å². The van der Waals surface area contributed by atoms with E-state index in [0.29, 0.717) is 5.92 Å². The van der Waals surface area contributed by atoms with Crippen LogP contribution in [0.5, 0.6) is 0 Å². The van der Waals surface area contributed by atoms with E-state index in [1.165, 1.54) is 5.56 Å². The second-order valence-electron chi connectivity index (χ2n) is 5.51. The van der Waals surface area contributed by atoms with Gasteiger partial charge in [0.15, 0.2) is 5.65 Å². The molecule has 3 aromatic rings. The molecule has 4 nitrogen and oxygen atoms in total. The van der Waals surface area contributed by atoms with Crippen molar-refractivity contribution in [1.82, 2.24) is 19.7 Å². The molecule has 102 valence electrons. The third kappa shape index (κ3) is 2.18. The van der Waals surface area contributed by atoms with Crippen LogP contribution in [0.2, 0.25) is 0 Å². The van der Waals surface area contributed by atoms with E-state index < -0.39 is 0 Å². The molecule has 0 aliphatic heterocycles. The van der Waals surface area contributed by atoms with E-state index in [1.54, 1.807) is 0 Å². The largest absolute Gasteiger partial charge is 0.264 e. The van der Waals surface area contributed by atoms with Crippen molar-refractivity contribution in [1.29, 1.82) is 0 Å². The van der Waals surface area contributed by atoms with E-state index >= 15 is 0 Å². The Kier molecular flexibility index (Phi) is 3.22. The number of rotatable bonds is 3. The lowest BCUT2D eigenvalue weighted by molar-refractivity contribution is 0.492. The molecule has 0 unspecified atom stereocenters. The standard InChI is InChI=1S/C16H18N4/c1-11(2)10-20-16-15(9-19-20)13(5-7-18-16)14-8-17-6-4-12(14)3/h4-9,11H,10H2,1-3H3. The minimum absolute atomic E-state index is 0.545. The molecule has 0 N–H and O–H groups in total. The summed E-state index contributed by atoms with van der Waals surface area (Å²) in [5.74, 6) is 0.545. The molecule has 0 fully saturated rings. The summed E-state index contributed by atoms with van der Waals surface area (Å²) in [5, 5.41) is 5.57. The summed E-state index contributed by atoms with van der Waals surface area (Å²) in [5.41, 5.74) is 4.45. The summed E-state index contributed by atoms with van der Waals surface area (Å²) in [4.78, 5) is 8.73. The number of aryl methyl sites for hydroxylation is 1. The molecule has 4 heteroatoms. The van der Waals surface area contributed by atoms with E-state index in [9.17, 15) is 0 Å². The molecule has 0 saturated carbocycles. The predicted molar refractivity (Wildman–Crippen MR) is 80.3 cm³/mol. The highest BCUT2D eigenvalue weighted by Crippen LogP contribution is 2.29. The van der Waals surface area contributed by atoms with Crippen LogP contribution >= 0.6 is 0 Å². The lowest BCUT2D eigenvalue weighted by atomic mass is 10.0. The zero-order valence-electron chi connectivity index (χ0n) is 12.0. The van der Waals surface area contributed by atoms with Crippen molar-refractivity contribution in [3.63, 3.8) is 0 Å². The first-order chi connectivity index (χ1) is 9.66.